The Labute approximate surface area is 141 Å². The number of urea groups is 1. The average molecular weight is 323 g/mol. The summed E-state index contributed by atoms with van der Waals surface area (Å²) in [6.45, 7) is 0.475. The number of hydrogen-bond donors (Lipinski definition) is 1. The van der Waals surface area contributed by atoms with Crippen LogP contribution in [0.15, 0.2) is 60.7 Å². The predicted molar refractivity (Wildman–Crippen MR) is 92.4 cm³/mol. The minimum absolute atomic E-state index is 0.0205. The van der Waals surface area contributed by atoms with Gasteiger partial charge < -0.3 is 15.5 Å². The molecular weight excluding hydrogens is 302 g/mol. The molecule has 1 aliphatic heterocycles. The highest BCUT2D eigenvalue weighted by Gasteiger charge is 2.38. The number of likely N-dealkylation sites (N-methyl/N-ethyl adjacent to an activating group) is 1. The van der Waals surface area contributed by atoms with Gasteiger partial charge in [-0.25, -0.2) is 4.79 Å². The standard InChI is InChI=1S/C19H21N3O2/c1-21-12-16(22(19(20)24)13-17(21)23)18(14-8-4-2-5-9-14)15-10-6-3-7-11-15/h2-11,16,18H,12-13H2,1H3,(H2,20,24)/t16-/m1/s1. The van der Waals surface area contributed by atoms with E-state index in [1.807, 2.05) is 60.7 Å². The highest BCUT2D eigenvalue weighted by atomic mass is 16.2. The van der Waals surface area contributed by atoms with Crippen LogP contribution in [0.4, 0.5) is 4.79 Å². The monoisotopic (exact) mass is 323 g/mol. The maximum Gasteiger partial charge on any atom is 0.315 e. The molecule has 0 bridgehead atoms. The molecule has 0 radical (unpaired) electrons. The lowest BCUT2D eigenvalue weighted by molar-refractivity contribution is -0.135. The molecule has 0 spiro atoms. The van der Waals surface area contributed by atoms with Crippen molar-refractivity contribution in [3.05, 3.63) is 71.8 Å². The largest absolute Gasteiger partial charge is 0.351 e. The smallest absolute Gasteiger partial charge is 0.315 e. The van der Waals surface area contributed by atoms with Gasteiger partial charge in [0.1, 0.15) is 6.54 Å². The number of primary amides is 1. The number of carbonyl (C=O) groups is 2. The number of hydrogen-bond acceptors (Lipinski definition) is 2. The second-order valence-electron chi connectivity index (χ2n) is 6.11. The van der Waals surface area contributed by atoms with E-state index in [4.69, 9.17) is 5.73 Å². The van der Waals surface area contributed by atoms with Crippen LogP contribution < -0.4 is 5.73 Å². The Morgan fingerprint density at radius 3 is 2.00 bits per heavy atom. The summed E-state index contributed by atoms with van der Waals surface area (Å²) in [5.41, 5.74) is 7.77. The summed E-state index contributed by atoms with van der Waals surface area (Å²) in [5, 5.41) is 0. The first-order valence-corrected chi connectivity index (χ1v) is 7.98. The van der Waals surface area contributed by atoms with Crippen molar-refractivity contribution >= 4 is 11.9 Å². The van der Waals surface area contributed by atoms with Crippen molar-refractivity contribution in [3.8, 4) is 0 Å². The average Bonchev–Trinajstić information content (AvgIpc) is 2.60. The Hall–Kier alpha value is -2.82. The molecule has 1 saturated heterocycles. The molecule has 0 saturated carbocycles. The van der Waals surface area contributed by atoms with E-state index >= 15 is 0 Å². The second kappa shape index (κ2) is 6.74. The molecule has 0 aromatic heterocycles. The van der Waals surface area contributed by atoms with Crippen molar-refractivity contribution in [1.29, 1.82) is 0 Å². The van der Waals surface area contributed by atoms with Gasteiger partial charge in [-0.15, -0.1) is 0 Å². The van der Waals surface area contributed by atoms with Crippen LogP contribution in [-0.2, 0) is 4.79 Å². The van der Waals surface area contributed by atoms with Crippen molar-refractivity contribution in [1.82, 2.24) is 9.80 Å². The fourth-order valence-electron chi connectivity index (χ4n) is 3.35. The molecule has 24 heavy (non-hydrogen) atoms. The first-order valence-electron chi connectivity index (χ1n) is 7.98. The first kappa shape index (κ1) is 16.1. The lowest BCUT2D eigenvalue weighted by Gasteiger charge is -2.42. The summed E-state index contributed by atoms with van der Waals surface area (Å²) in [6, 6.07) is 19.3. The SMILES string of the molecule is CN1C[C@H](C(c2ccccc2)c2ccccc2)N(C(N)=O)CC1=O. The van der Waals surface area contributed by atoms with Gasteiger partial charge in [0.05, 0.1) is 6.04 Å². The minimum atomic E-state index is -0.557. The fraction of sp³-hybridized carbons (Fsp3) is 0.263. The number of piperazine rings is 1. The minimum Gasteiger partial charge on any atom is -0.351 e. The molecule has 5 heteroatoms. The lowest BCUT2D eigenvalue weighted by atomic mass is 9.83. The van der Waals surface area contributed by atoms with E-state index < -0.39 is 6.03 Å². The molecule has 1 fully saturated rings. The van der Waals surface area contributed by atoms with Gasteiger partial charge in [-0.1, -0.05) is 60.7 Å². The first-order chi connectivity index (χ1) is 11.6. The Balaban J connectivity index is 2.07. The molecule has 124 valence electrons. The van der Waals surface area contributed by atoms with E-state index in [2.05, 4.69) is 0 Å². The molecule has 5 nitrogen and oxygen atoms in total. The number of benzene rings is 2. The number of carbonyl (C=O) groups excluding carboxylic acids is 2. The third-order valence-electron chi connectivity index (χ3n) is 4.58. The predicted octanol–water partition coefficient (Wildman–Crippen LogP) is 2.04. The zero-order valence-electron chi connectivity index (χ0n) is 13.6. The molecular formula is C19H21N3O2. The van der Waals surface area contributed by atoms with Crippen LogP contribution in [0.25, 0.3) is 0 Å². The number of nitrogens with zero attached hydrogens (tertiary/aromatic N) is 2. The third kappa shape index (κ3) is 3.11. The van der Waals surface area contributed by atoms with Gasteiger partial charge in [-0.3, -0.25) is 4.79 Å². The normalized spacial score (nSPS) is 18.1. The van der Waals surface area contributed by atoms with E-state index in [1.165, 1.54) is 4.90 Å². The third-order valence-corrected chi connectivity index (χ3v) is 4.58. The van der Waals surface area contributed by atoms with E-state index in [-0.39, 0.29) is 24.4 Å². The summed E-state index contributed by atoms with van der Waals surface area (Å²) in [7, 11) is 1.76. The molecule has 0 unspecified atom stereocenters. The summed E-state index contributed by atoms with van der Waals surface area (Å²) in [4.78, 5) is 27.2. The molecule has 2 N–H and O–H groups in total. The van der Waals surface area contributed by atoms with Gasteiger partial charge in [-0.05, 0) is 11.1 Å². The van der Waals surface area contributed by atoms with Crippen LogP contribution in [0, 0.1) is 0 Å². The molecule has 3 rings (SSSR count). The van der Waals surface area contributed by atoms with Gasteiger partial charge in [0.2, 0.25) is 5.91 Å². The molecule has 1 atom stereocenters. The van der Waals surface area contributed by atoms with Crippen molar-refractivity contribution in [3.63, 3.8) is 0 Å². The van der Waals surface area contributed by atoms with Gasteiger partial charge >= 0.3 is 6.03 Å². The topological polar surface area (TPSA) is 66.6 Å². The Morgan fingerprint density at radius 1 is 1.04 bits per heavy atom. The fourth-order valence-corrected chi connectivity index (χ4v) is 3.35. The van der Waals surface area contributed by atoms with Gasteiger partial charge in [-0.2, -0.15) is 0 Å². The molecule has 0 aliphatic carbocycles. The molecule has 2 aromatic rings. The highest BCUT2D eigenvalue weighted by molar-refractivity contribution is 5.85. The van der Waals surface area contributed by atoms with Gasteiger partial charge in [0, 0.05) is 19.5 Å². The number of nitrogens with two attached hydrogens (primary N) is 1. The van der Waals surface area contributed by atoms with Crippen LogP contribution in [0.1, 0.15) is 17.0 Å². The zero-order valence-corrected chi connectivity index (χ0v) is 13.6. The summed E-state index contributed by atoms with van der Waals surface area (Å²) >= 11 is 0. The van der Waals surface area contributed by atoms with Crippen LogP contribution in [0.3, 0.4) is 0 Å². The maximum absolute atomic E-state index is 12.0. The summed E-state index contributed by atoms with van der Waals surface area (Å²) in [6.07, 6.45) is 0. The highest BCUT2D eigenvalue weighted by Crippen LogP contribution is 2.32. The summed E-state index contributed by atoms with van der Waals surface area (Å²) in [5.74, 6) is -0.139. The van der Waals surface area contributed by atoms with Gasteiger partial charge in [0.25, 0.3) is 0 Å². The Bertz CT molecular complexity index is 678. The molecule has 3 amide bonds. The van der Waals surface area contributed by atoms with Crippen LogP contribution in [-0.4, -0.2) is 47.9 Å². The second-order valence-corrected chi connectivity index (χ2v) is 6.11. The van der Waals surface area contributed by atoms with Crippen molar-refractivity contribution in [2.75, 3.05) is 20.1 Å². The molecule has 1 aliphatic rings. The van der Waals surface area contributed by atoms with E-state index in [9.17, 15) is 9.59 Å². The quantitative estimate of drug-likeness (QED) is 0.939. The van der Waals surface area contributed by atoms with E-state index in [0.717, 1.165) is 11.1 Å². The van der Waals surface area contributed by atoms with E-state index in [0.29, 0.717) is 6.54 Å². The van der Waals surface area contributed by atoms with Gasteiger partial charge in [0.15, 0.2) is 0 Å². The molecule has 1 heterocycles. The van der Waals surface area contributed by atoms with Crippen LogP contribution in [0.2, 0.25) is 0 Å². The zero-order chi connectivity index (χ0) is 17.1. The Morgan fingerprint density at radius 2 is 1.54 bits per heavy atom. The molecule has 2 aromatic carbocycles. The van der Waals surface area contributed by atoms with Crippen molar-refractivity contribution < 1.29 is 9.59 Å². The maximum atomic E-state index is 12.0. The van der Waals surface area contributed by atoms with Crippen LogP contribution >= 0.6 is 0 Å². The van der Waals surface area contributed by atoms with Crippen molar-refractivity contribution in [2.24, 2.45) is 5.73 Å². The Kier molecular flexibility index (Phi) is 4.51. The number of amides is 3. The number of rotatable bonds is 3. The van der Waals surface area contributed by atoms with E-state index in [1.54, 1.807) is 11.9 Å². The lowest BCUT2D eigenvalue weighted by Crippen LogP contribution is -2.60. The van der Waals surface area contributed by atoms with Crippen LogP contribution in [0.5, 0.6) is 0 Å². The summed E-state index contributed by atoms with van der Waals surface area (Å²) < 4.78 is 0. The van der Waals surface area contributed by atoms with Crippen molar-refractivity contribution in [2.45, 2.75) is 12.0 Å².